The van der Waals surface area contributed by atoms with Gasteiger partial charge in [0.05, 0.1) is 42.9 Å². The molecule has 3 aromatic carbocycles. The van der Waals surface area contributed by atoms with Crippen LogP contribution in [0.1, 0.15) is 53.5 Å². The maximum atomic E-state index is 14.6. The second-order valence-electron chi connectivity index (χ2n) is 12.8. The largest absolute Gasteiger partial charge is 0.496 e. The highest BCUT2D eigenvalue weighted by atomic mass is 19.4. The van der Waals surface area contributed by atoms with E-state index in [0.29, 0.717) is 27.8 Å². The highest BCUT2D eigenvalue weighted by Gasteiger charge is 2.56. The molecule has 2 amide bonds. The fourth-order valence-electron chi connectivity index (χ4n) is 6.01. The van der Waals surface area contributed by atoms with Crippen LogP contribution in [0.25, 0.3) is 16.6 Å². The zero-order chi connectivity index (χ0) is 37.1. The predicted molar refractivity (Wildman–Crippen MR) is 182 cm³/mol. The first-order chi connectivity index (χ1) is 24.1. The number of aromatic nitrogens is 4. The summed E-state index contributed by atoms with van der Waals surface area (Å²) in [6, 6.07) is 12.3. The summed E-state index contributed by atoms with van der Waals surface area (Å²) < 4.78 is 64.7. The van der Waals surface area contributed by atoms with E-state index >= 15 is 0 Å². The van der Waals surface area contributed by atoms with Crippen LogP contribution in [-0.4, -0.2) is 69.1 Å². The predicted octanol–water partition coefficient (Wildman–Crippen LogP) is 5.56. The van der Waals surface area contributed by atoms with Crippen molar-refractivity contribution in [2.45, 2.75) is 50.4 Å². The van der Waals surface area contributed by atoms with Crippen molar-refractivity contribution in [1.29, 1.82) is 0 Å². The van der Waals surface area contributed by atoms with E-state index < -0.39 is 53.8 Å². The molecular weight excluding hydrogens is 670 g/mol. The van der Waals surface area contributed by atoms with Crippen LogP contribution < -0.4 is 20.7 Å². The molecule has 51 heavy (non-hydrogen) atoms. The lowest BCUT2D eigenvalue weighted by molar-refractivity contribution is -0.260. The maximum absolute atomic E-state index is 14.6. The van der Waals surface area contributed by atoms with Crippen LogP contribution >= 0.6 is 0 Å². The Hall–Kier alpha value is -5.57. The number of likely N-dealkylation sites (N-methyl/N-ethyl adjacent to an activating group) is 1. The molecule has 2 heterocycles. The van der Waals surface area contributed by atoms with Gasteiger partial charge in [0.25, 0.3) is 5.91 Å². The highest BCUT2D eigenvalue weighted by molar-refractivity contribution is 5.98. The molecule has 0 saturated carbocycles. The number of methoxy groups -OCH3 is 1. The zero-order valence-electron chi connectivity index (χ0n) is 28.5. The first-order valence-corrected chi connectivity index (χ1v) is 15.8. The lowest BCUT2D eigenvalue weighted by atomic mass is 9.74. The van der Waals surface area contributed by atoms with Crippen molar-refractivity contribution in [2.75, 3.05) is 26.0 Å². The highest BCUT2D eigenvalue weighted by Crippen LogP contribution is 2.44. The lowest BCUT2D eigenvalue weighted by Gasteiger charge is -2.38. The Morgan fingerprint density at radius 1 is 1.02 bits per heavy atom. The zero-order valence-corrected chi connectivity index (χ0v) is 28.5. The van der Waals surface area contributed by atoms with Crippen LogP contribution in [0.3, 0.4) is 0 Å². The topological polar surface area (TPSA) is 143 Å². The molecule has 2 atom stereocenters. The number of nitrogens with zero attached hydrogens (tertiary/aromatic N) is 4. The van der Waals surface area contributed by atoms with Gasteiger partial charge in [-0.1, -0.05) is 13.8 Å². The van der Waals surface area contributed by atoms with Crippen molar-refractivity contribution >= 4 is 28.4 Å². The van der Waals surface area contributed by atoms with Crippen molar-refractivity contribution in [3.05, 3.63) is 108 Å². The van der Waals surface area contributed by atoms with Gasteiger partial charge in [-0.25, -0.2) is 9.07 Å². The molecule has 5 aromatic rings. The van der Waals surface area contributed by atoms with E-state index in [9.17, 15) is 32.3 Å². The summed E-state index contributed by atoms with van der Waals surface area (Å²) in [6.45, 7) is 3.84. The van der Waals surface area contributed by atoms with Gasteiger partial charge < -0.3 is 25.8 Å². The van der Waals surface area contributed by atoms with Gasteiger partial charge in [0.1, 0.15) is 11.6 Å². The van der Waals surface area contributed by atoms with Crippen LogP contribution in [0.4, 0.5) is 23.2 Å². The number of halogens is 4. The number of amides is 2. The standard InChI is InChI=1S/C36H37F4N7O4/c1-21-14-27(44-20-35(50,36(38,39)40)19-34(2,3)26-16-23(37)8-11-30(26)51-5)25-17-45-47(29(25)15-21)24-9-6-22(7-10-24)32(48)46-31(33(49)41-4)28-18-42-12-13-43-28/h6-18,31,44,50H,19-20H2,1-5H3,(H,41,49)(H,46,48). The summed E-state index contributed by atoms with van der Waals surface area (Å²) in [7, 11) is 2.78. The quantitative estimate of drug-likeness (QED) is 0.124. The van der Waals surface area contributed by atoms with E-state index in [1.807, 2.05) is 0 Å². The molecule has 0 aliphatic rings. The number of aliphatic hydroxyl groups is 1. The number of fused-ring (bicyclic) bond motifs is 1. The molecule has 0 aliphatic carbocycles. The van der Waals surface area contributed by atoms with Gasteiger partial charge in [-0.3, -0.25) is 19.6 Å². The van der Waals surface area contributed by atoms with Crippen LogP contribution in [-0.2, 0) is 10.2 Å². The monoisotopic (exact) mass is 707 g/mol. The van der Waals surface area contributed by atoms with Gasteiger partial charge in [-0.05, 0) is 78.9 Å². The first kappa shape index (κ1) is 36.7. The number of rotatable bonds is 12. The Morgan fingerprint density at radius 3 is 2.37 bits per heavy atom. The van der Waals surface area contributed by atoms with Crippen LogP contribution in [0.2, 0.25) is 0 Å². The minimum absolute atomic E-state index is 0.187. The molecule has 5 rings (SSSR count). The van der Waals surface area contributed by atoms with E-state index in [-0.39, 0.29) is 22.6 Å². The SMILES string of the molecule is CNC(=O)C(NC(=O)c1ccc(-n2ncc3c(NCC(O)(CC(C)(C)c4cc(F)ccc4OC)C(F)(F)F)cc(C)cc32)cc1)c1cnccn1. The smallest absolute Gasteiger partial charge is 0.418 e. The van der Waals surface area contributed by atoms with E-state index in [4.69, 9.17) is 4.74 Å². The van der Waals surface area contributed by atoms with E-state index in [1.54, 1.807) is 48.0 Å². The number of aryl methyl sites for hydroxylation is 1. The van der Waals surface area contributed by atoms with Gasteiger partial charge in [-0.2, -0.15) is 18.3 Å². The van der Waals surface area contributed by atoms with E-state index in [1.165, 1.54) is 58.9 Å². The van der Waals surface area contributed by atoms with Crippen LogP contribution in [0.15, 0.2) is 79.4 Å². The Kier molecular flexibility index (Phi) is 10.3. The Morgan fingerprint density at radius 2 is 1.75 bits per heavy atom. The molecule has 0 radical (unpaired) electrons. The number of anilines is 1. The third-order valence-corrected chi connectivity index (χ3v) is 8.59. The number of carbonyl (C=O) groups excluding carboxylic acids is 2. The second-order valence-corrected chi connectivity index (χ2v) is 12.8. The fourth-order valence-corrected chi connectivity index (χ4v) is 6.01. The summed E-state index contributed by atoms with van der Waals surface area (Å²) in [5, 5.41) is 24.1. The molecule has 15 heteroatoms. The first-order valence-electron chi connectivity index (χ1n) is 15.8. The molecule has 0 fully saturated rings. The Labute approximate surface area is 291 Å². The minimum atomic E-state index is -5.05. The average molecular weight is 708 g/mol. The number of ether oxygens (including phenoxy) is 1. The van der Waals surface area contributed by atoms with Gasteiger partial charge in [0.2, 0.25) is 5.91 Å². The molecule has 2 unspecified atom stereocenters. The summed E-state index contributed by atoms with van der Waals surface area (Å²) >= 11 is 0. The molecule has 11 nitrogen and oxygen atoms in total. The summed E-state index contributed by atoms with van der Waals surface area (Å²) in [6.07, 6.45) is -0.121. The van der Waals surface area contributed by atoms with Crippen LogP contribution in [0.5, 0.6) is 5.75 Å². The maximum Gasteiger partial charge on any atom is 0.418 e. The summed E-state index contributed by atoms with van der Waals surface area (Å²) in [5.41, 5.74) is -1.77. The number of benzene rings is 3. The number of nitrogens with one attached hydrogen (secondary N) is 3. The molecule has 0 saturated heterocycles. The van der Waals surface area contributed by atoms with Crippen molar-refractivity contribution in [2.24, 2.45) is 0 Å². The van der Waals surface area contributed by atoms with Gasteiger partial charge >= 0.3 is 6.18 Å². The van der Waals surface area contributed by atoms with Crippen LogP contribution in [0, 0.1) is 12.7 Å². The van der Waals surface area contributed by atoms with Crippen molar-refractivity contribution in [1.82, 2.24) is 30.4 Å². The molecule has 4 N–H and O–H groups in total. The summed E-state index contributed by atoms with van der Waals surface area (Å²) in [4.78, 5) is 33.7. The molecule has 0 bridgehead atoms. The lowest BCUT2D eigenvalue weighted by Crippen LogP contribution is -2.53. The number of hydrogen-bond donors (Lipinski definition) is 4. The Balaban J connectivity index is 1.39. The number of hydrogen-bond acceptors (Lipinski definition) is 8. The van der Waals surface area contributed by atoms with E-state index in [0.717, 1.165) is 12.1 Å². The molecular formula is C36H37F4N7O4. The van der Waals surface area contributed by atoms with Gasteiger partial charge in [0, 0.05) is 41.6 Å². The third-order valence-electron chi connectivity index (χ3n) is 8.59. The van der Waals surface area contributed by atoms with Gasteiger partial charge in [-0.15, -0.1) is 0 Å². The normalized spacial score (nSPS) is 13.7. The minimum Gasteiger partial charge on any atom is -0.496 e. The Bertz CT molecular complexity index is 2040. The average Bonchev–Trinajstić information content (AvgIpc) is 3.52. The number of carbonyl (C=O) groups is 2. The van der Waals surface area contributed by atoms with E-state index in [2.05, 4.69) is 31.0 Å². The van der Waals surface area contributed by atoms with Crippen molar-refractivity contribution in [3.63, 3.8) is 0 Å². The second kappa shape index (κ2) is 14.3. The molecule has 0 spiro atoms. The molecule has 2 aromatic heterocycles. The van der Waals surface area contributed by atoms with Crippen molar-refractivity contribution < 1.29 is 37.0 Å². The summed E-state index contributed by atoms with van der Waals surface area (Å²) in [5.74, 6) is -1.45. The fraction of sp³-hybridized carbons (Fsp3) is 0.306. The van der Waals surface area contributed by atoms with Crippen molar-refractivity contribution in [3.8, 4) is 11.4 Å². The number of alkyl halides is 3. The van der Waals surface area contributed by atoms with Gasteiger partial charge in [0.15, 0.2) is 11.6 Å². The molecule has 0 aliphatic heterocycles. The third kappa shape index (κ3) is 7.77. The molecule has 268 valence electrons.